The first-order valence-corrected chi connectivity index (χ1v) is 7.61. The minimum atomic E-state index is -0.802. The van der Waals surface area contributed by atoms with Crippen molar-refractivity contribution >= 4 is 12.3 Å². The van der Waals surface area contributed by atoms with E-state index in [4.69, 9.17) is 4.74 Å². The van der Waals surface area contributed by atoms with Crippen LogP contribution in [0.25, 0.3) is 0 Å². The molecule has 3 unspecified atom stereocenters. The number of benzene rings is 1. The number of piperidine rings is 1. The van der Waals surface area contributed by atoms with Crippen molar-refractivity contribution in [1.29, 1.82) is 0 Å². The fourth-order valence-electron chi connectivity index (χ4n) is 3.63. The maximum atomic E-state index is 12.3. The minimum absolute atomic E-state index is 0.0441. The zero-order valence-electron chi connectivity index (χ0n) is 12.3. The van der Waals surface area contributed by atoms with Crippen molar-refractivity contribution < 1.29 is 14.3 Å². The average Bonchev–Trinajstić information content (AvgIpc) is 2.72. The van der Waals surface area contributed by atoms with Gasteiger partial charge in [-0.1, -0.05) is 30.3 Å². The Labute approximate surface area is 125 Å². The molecule has 112 valence electrons. The van der Waals surface area contributed by atoms with Crippen LogP contribution in [-0.4, -0.2) is 42.4 Å². The summed E-state index contributed by atoms with van der Waals surface area (Å²) in [4.78, 5) is 26.0. The lowest BCUT2D eigenvalue weighted by molar-refractivity contribution is -0.154. The van der Waals surface area contributed by atoms with E-state index in [1.54, 1.807) is 12.1 Å². The van der Waals surface area contributed by atoms with Gasteiger partial charge in [0.1, 0.15) is 18.3 Å². The van der Waals surface area contributed by atoms with Crippen molar-refractivity contribution in [3.8, 4) is 0 Å². The molecular formula is C17H21NO3. The van der Waals surface area contributed by atoms with Crippen LogP contribution in [0.1, 0.15) is 37.2 Å². The summed E-state index contributed by atoms with van der Waals surface area (Å²) in [5, 5.41) is 0. The zero-order chi connectivity index (χ0) is 14.8. The van der Waals surface area contributed by atoms with Crippen LogP contribution in [0.5, 0.6) is 0 Å². The molecule has 3 rings (SSSR count). The number of carbonyl (C=O) groups excluding carboxylic acids is 2. The van der Waals surface area contributed by atoms with Crippen LogP contribution in [0.4, 0.5) is 0 Å². The predicted molar refractivity (Wildman–Crippen MR) is 78.9 cm³/mol. The van der Waals surface area contributed by atoms with Gasteiger partial charge in [0.05, 0.1) is 0 Å². The summed E-state index contributed by atoms with van der Waals surface area (Å²) >= 11 is 0. The molecule has 3 atom stereocenters. The van der Waals surface area contributed by atoms with Crippen LogP contribution in [0.3, 0.4) is 0 Å². The molecule has 2 fully saturated rings. The fourth-order valence-corrected chi connectivity index (χ4v) is 3.63. The van der Waals surface area contributed by atoms with Crippen molar-refractivity contribution in [2.75, 3.05) is 7.05 Å². The molecule has 0 aliphatic carbocycles. The van der Waals surface area contributed by atoms with Gasteiger partial charge in [0.25, 0.3) is 0 Å². The largest absolute Gasteiger partial charge is 0.461 e. The lowest BCUT2D eigenvalue weighted by atomic mass is 9.98. The highest BCUT2D eigenvalue weighted by Crippen LogP contribution is 2.35. The Bertz CT molecular complexity index is 502. The number of carbonyl (C=O) groups is 2. The van der Waals surface area contributed by atoms with E-state index in [2.05, 4.69) is 11.9 Å². The number of rotatable bonds is 4. The van der Waals surface area contributed by atoms with Crippen LogP contribution in [0.2, 0.25) is 0 Å². The van der Waals surface area contributed by atoms with Crippen molar-refractivity contribution in [1.82, 2.24) is 4.90 Å². The molecule has 0 radical (unpaired) electrons. The molecule has 2 heterocycles. The van der Waals surface area contributed by atoms with Crippen LogP contribution < -0.4 is 0 Å². The molecule has 1 aromatic rings. The Hall–Kier alpha value is -1.68. The number of nitrogens with zero attached hydrogens (tertiary/aromatic N) is 1. The molecule has 4 nitrogen and oxygen atoms in total. The first kappa shape index (κ1) is 14.3. The standard InChI is InChI=1S/C17H21NO3/c1-18-13-7-8-14(18)10-15(9-13)21-17(20)16(11-19)12-5-3-2-4-6-12/h2-6,11,13-16H,7-10H2,1H3. The summed E-state index contributed by atoms with van der Waals surface area (Å²) in [6, 6.07) is 10.1. The molecule has 2 aliphatic rings. The van der Waals surface area contributed by atoms with E-state index in [1.807, 2.05) is 18.2 Å². The summed E-state index contributed by atoms with van der Waals surface area (Å²) in [7, 11) is 2.15. The average molecular weight is 287 g/mol. The van der Waals surface area contributed by atoms with Gasteiger partial charge < -0.3 is 14.4 Å². The van der Waals surface area contributed by atoms with Gasteiger partial charge in [-0.2, -0.15) is 0 Å². The monoisotopic (exact) mass is 287 g/mol. The second kappa shape index (κ2) is 5.98. The van der Waals surface area contributed by atoms with Crippen molar-refractivity contribution in [3.05, 3.63) is 35.9 Å². The number of esters is 1. The summed E-state index contributed by atoms with van der Waals surface area (Å²) in [6.45, 7) is 0. The smallest absolute Gasteiger partial charge is 0.320 e. The quantitative estimate of drug-likeness (QED) is 0.483. The van der Waals surface area contributed by atoms with E-state index in [9.17, 15) is 9.59 Å². The Morgan fingerprint density at radius 3 is 2.43 bits per heavy atom. The topological polar surface area (TPSA) is 46.6 Å². The number of aldehydes is 1. The van der Waals surface area contributed by atoms with Gasteiger partial charge in [-0.15, -0.1) is 0 Å². The molecule has 0 saturated carbocycles. The SMILES string of the molecule is CN1C2CCC1CC(OC(=O)C(C=O)c1ccccc1)C2. The molecule has 21 heavy (non-hydrogen) atoms. The molecule has 2 saturated heterocycles. The lowest BCUT2D eigenvalue weighted by Gasteiger charge is -2.36. The highest BCUT2D eigenvalue weighted by atomic mass is 16.5. The third kappa shape index (κ3) is 2.86. The Kier molecular flexibility index (Phi) is 4.06. The van der Waals surface area contributed by atoms with Gasteiger partial charge in [0.2, 0.25) is 0 Å². The normalized spacial score (nSPS) is 29.9. The minimum Gasteiger partial charge on any atom is -0.461 e. The number of fused-ring (bicyclic) bond motifs is 2. The van der Waals surface area contributed by atoms with Gasteiger partial charge in [0, 0.05) is 12.1 Å². The Morgan fingerprint density at radius 2 is 1.86 bits per heavy atom. The van der Waals surface area contributed by atoms with E-state index in [-0.39, 0.29) is 6.10 Å². The molecule has 0 aromatic heterocycles. The van der Waals surface area contributed by atoms with E-state index in [0.717, 1.165) is 12.8 Å². The van der Waals surface area contributed by atoms with E-state index < -0.39 is 11.9 Å². The molecule has 2 bridgehead atoms. The highest BCUT2D eigenvalue weighted by Gasteiger charge is 2.40. The third-order valence-corrected chi connectivity index (χ3v) is 4.89. The highest BCUT2D eigenvalue weighted by molar-refractivity contribution is 5.94. The van der Waals surface area contributed by atoms with Crippen molar-refractivity contribution in [2.24, 2.45) is 0 Å². The maximum Gasteiger partial charge on any atom is 0.320 e. The number of hydrogen-bond acceptors (Lipinski definition) is 4. The van der Waals surface area contributed by atoms with Crippen LogP contribution in [-0.2, 0) is 14.3 Å². The summed E-state index contributed by atoms with van der Waals surface area (Å²) in [5.74, 6) is -1.21. The molecule has 2 aliphatic heterocycles. The molecule has 1 aromatic carbocycles. The van der Waals surface area contributed by atoms with Crippen molar-refractivity contribution in [3.63, 3.8) is 0 Å². The van der Waals surface area contributed by atoms with Gasteiger partial charge >= 0.3 is 5.97 Å². The third-order valence-electron chi connectivity index (χ3n) is 4.89. The lowest BCUT2D eigenvalue weighted by Crippen LogP contribution is -2.43. The Morgan fingerprint density at radius 1 is 1.24 bits per heavy atom. The maximum absolute atomic E-state index is 12.3. The van der Waals surface area contributed by atoms with Gasteiger partial charge in [-0.25, -0.2) is 0 Å². The zero-order valence-corrected chi connectivity index (χ0v) is 12.3. The molecule has 0 spiro atoms. The number of ether oxygens (including phenoxy) is 1. The van der Waals surface area contributed by atoms with Crippen LogP contribution in [0.15, 0.2) is 30.3 Å². The molecule has 4 heteroatoms. The van der Waals surface area contributed by atoms with E-state index in [1.165, 1.54) is 12.8 Å². The summed E-state index contributed by atoms with van der Waals surface area (Å²) < 4.78 is 5.63. The van der Waals surface area contributed by atoms with E-state index in [0.29, 0.717) is 23.9 Å². The van der Waals surface area contributed by atoms with Crippen LogP contribution in [0, 0.1) is 0 Å². The predicted octanol–water partition coefficient (Wildman–Crippen LogP) is 2.14. The van der Waals surface area contributed by atoms with Gasteiger partial charge in [-0.05, 0) is 38.3 Å². The van der Waals surface area contributed by atoms with Gasteiger partial charge in [-0.3, -0.25) is 4.79 Å². The Balaban J connectivity index is 1.65. The van der Waals surface area contributed by atoms with Gasteiger partial charge in [0.15, 0.2) is 0 Å². The fraction of sp³-hybridized carbons (Fsp3) is 0.529. The molecular weight excluding hydrogens is 266 g/mol. The van der Waals surface area contributed by atoms with E-state index >= 15 is 0 Å². The summed E-state index contributed by atoms with van der Waals surface area (Å²) in [5.41, 5.74) is 0.702. The van der Waals surface area contributed by atoms with Crippen LogP contribution >= 0.6 is 0 Å². The second-order valence-electron chi connectivity index (χ2n) is 6.11. The van der Waals surface area contributed by atoms with Crippen molar-refractivity contribution in [2.45, 2.75) is 49.8 Å². The first-order chi connectivity index (χ1) is 10.2. The summed E-state index contributed by atoms with van der Waals surface area (Å²) in [6.07, 6.45) is 4.78. The molecule has 0 N–H and O–H groups in total. The first-order valence-electron chi connectivity index (χ1n) is 7.61. The molecule has 0 amide bonds. The number of hydrogen-bond donors (Lipinski definition) is 0. The second-order valence-corrected chi connectivity index (χ2v) is 6.11.